The first-order valence-electron chi connectivity index (χ1n) is 10.8. The summed E-state index contributed by atoms with van der Waals surface area (Å²) in [5.74, 6) is -1.64. The maximum Gasteiger partial charge on any atom is 0.336 e. The predicted molar refractivity (Wildman–Crippen MR) is 144 cm³/mol. The van der Waals surface area contributed by atoms with Crippen molar-refractivity contribution in [2.24, 2.45) is 0 Å². The molecule has 184 valence electrons. The number of rotatable bonds is 7. The van der Waals surface area contributed by atoms with Crippen molar-refractivity contribution in [3.8, 4) is 11.5 Å². The van der Waals surface area contributed by atoms with E-state index in [1.165, 1.54) is 24.3 Å². The molecule has 10 heteroatoms. The molecule has 0 saturated carbocycles. The van der Waals surface area contributed by atoms with E-state index in [1.807, 2.05) is 31.2 Å². The Hall–Kier alpha value is -3.25. The number of halogens is 3. The number of nitrogens with zero attached hydrogens (tertiary/aromatic N) is 1. The highest BCUT2D eigenvalue weighted by Crippen LogP contribution is 2.36. The van der Waals surface area contributed by atoms with Gasteiger partial charge in [0.05, 0.1) is 15.9 Å². The zero-order valence-electron chi connectivity index (χ0n) is 18.9. The van der Waals surface area contributed by atoms with Crippen LogP contribution in [0.5, 0.6) is 11.5 Å². The van der Waals surface area contributed by atoms with E-state index in [-0.39, 0.29) is 11.3 Å². The molecule has 4 amide bonds. The number of hydrogen-bond donors (Lipinski definition) is 1. The molecule has 1 N–H and O–H groups in total. The summed E-state index contributed by atoms with van der Waals surface area (Å²) in [7, 11) is 0. The molecule has 1 aliphatic heterocycles. The maximum absolute atomic E-state index is 14.3. The molecule has 36 heavy (non-hydrogen) atoms. The molecule has 0 spiro atoms. The van der Waals surface area contributed by atoms with Crippen LogP contribution in [-0.4, -0.2) is 24.5 Å². The minimum absolute atomic E-state index is 0.251. The highest BCUT2D eigenvalue weighted by Gasteiger charge is 2.38. The van der Waals surface area contributed by atoms with E-state index >= 15 is 0 Å². The lowest BCUT2D eigenvalue weighted by Gasteiger charge is -2.26. The Balaban J connectivity index is 1.68. The summed E-state index contributed by atoms with van der Waals surface area (Å²) in [6, 6.07) is 15.3. The van der Waals surface area contributed by atoms with E-state index in [0.29, 0.717) is 38.7 Å². The molecule has 3 aromatic rings. The van der Waals surface area contributed by atoms with E-state index in [4.69, 9.17) is 9.47 Å². The molecule has 4 rings (SSSR count). The van der Waals surface area contributed by atoms with Crippen LogP contribution < -0.4 is 19.7 Å². The first kappa shape index (κ1) is 25.8. The smallest absolute Gasteiger partial charge is 0.336 e. The Morgan fingerprint density at radius 2 is 1.78 bits per heavy atom. The first-order valence-corrected chi connectivity index (χ1v) is 12.7. The summed E-state index contributed by atoms with van der Waals surface area (Å²) in [6.07, 6.45) is 1.33. The molecule has 1 saturated heterocycles. The Morgan fingerprint density at radius 1 is 1.06 bits per heavy atom. The molecule has 0 radical (unpaired) electrons. The van der Waals surface area contributed by atoms with Crippen molar-refractivity contribution in [3.05, 3.63) is 91.2 Å². The second-order valence-electron chi connectivity index (χ2n) is 7.55. The normalized spacial score (nSPS) is 14.7. The third-order valence-electron chi connectivity index (χ3n) is 5.17. The molecule has 0 atom stereocenters. The van der Waals surface area contributed by atoms with Crippen LogP contribution >= 0.6 is 38.5 Å². The number of hydrogen-bond acceptors (Lipinski definition) is 5. The number of nitrogens with one attached hydrogen (secondary N) is 1. The van der Waals surface area contributed by atoms with Gasteiger partial charge < -0.3 is 9.47 Å². The van der Waals surface area contributed by atoms with Crippen LogP contribution in [0.1, 0.15) is 18.1 Å². The summed E-state index contributed by atoms with van der Waals surface area (Å²) in [4.78, 5) is 38.6. The van der Waals surface area contributed by atoms with E-state index in [9.17, 15) is 18.8 Å². The highest BCUT2D eigenvalue weighted by atomic mass is 127. The number of carbonyl (C=O) groups is 3. The number of imide groups is 2. The lowest BCUT2D eigenvalue weighted by molar-refractivity contribution is -0.122. The standard InChI is InChI=1S/C26H19BrFIN2O5/c1-2-35-22-13-15(12-20(29)23(22)36-14-16-7-3-4-8-18(16)27)11-17-24(32)30-26(34)31(25(17)33)21-10-6-5-9-19(21)28/h3-13H,2,14H2,1H3,(H,30,32,34)/b17-11-. The number of barbiturate groups is 1. The van der Waals surface area contributed by atoms with Crippen molar-refractivity contribution < 1.29 is 28.2 Å². The summed E-state index contributed by atoms with van der Waals surface area (Å²) < 4.78 is 27.7. The van der Waals surface area contributed by atoms with Gasteiger partial charge in [-0.15, -0.1) is 0 Å². The number of ether oxygens (including phenoxy) is 2. The number of benzene rings is 3. The molecule has 0 aliphatic carbocycles. The lowest BCUT2D eigenvalue weighted by Crippen LogP contribution is -2.54. The largest absolute Gasteiger partial charge is 0.490 e. The van der Waals surface area contributed by atoms with Gasteiger partial charge in [-0.2, -0.15) is 0 Å². The third-order valence-corrected chi connectivity index (χ3v) is 6.74. The van der Waals surface area contributed by atoms with Crippen LogP contribution in [0, 0.1) is 9.39 Å². The third kappa shape index (κ3) is 5.44. The van der Waals surface area contributed by atoms with Gasteiger partial charge in [0.1, 0.15) is 18.0 Å². The van der Waals surface area contributed by atoms with Gasteiger partial charge in [0.25, 0.3) is 11.8 Å². The lowest BCUT2D eigenvalue weighted by atomic mass is 10.1. The second-order valence-corrected chi connectivity index (χ2v) is 9.57. The number of carbonyl (C=O) groups excluding carboxylic acids is 3. The maximum atomic E-state index is 14.3. The Kier molecular flexibility index (Phi) is 8.04. The predicted octanol–water partition coefficient (Wildman–Crippen LogP) is 5.84. The monoisotopic (exact) mass is 664 g/mol. The van der Waals surface area contributed by atoms with Crippen molar-refractivity contribution in [2.45, 2.75) is 13.5 Å². The molecule has 3 aromatic carbocycles. The molecular weight excluding hydrogens is 646 g/mol. The van der Waals surface area contributed by atoms with E-state index in [2.05, 4.69) is 43.8 Å². The van der Waals surface area contributed by atoms with Crippen molar-refractivity contribution in [1.29, 1.82) is 0 Å². The van der Waals surface area contributed by atoms with Crippen LogP contribution in [0.25, 0.3) is 6.08 Å². The molecule has 0 bridgehead atoms. The van der Waals surface area contributed by atoms with Crippen LogP contribution in [0.4, 0.5) is 14.9 Å². The molecule has 7 nitrogen and oxygen atoms in total. The summed E-state index contributed by atoms with van der Waals surface area (Å²) >= 11 is 5.59. The molecule has 1 aliphatic rings. The summed E-state index contributed by atoms with van der Waals surface area (Å²) in [5, 5.41) is 2.10. The fourth-order valence-corrected chi connectivity index (χ4v) is 4.70. The van der Waals surface area contributed by atoms with Gasteiger partial charge in [-0.05, 0) is 71.5 Å². The zero-order valence-corrected chi connectivity index (χ0v) is 22.6. The van der Waals surface area contributed by atoms with Crippen LogP contribution in [0.2, 0.25) is 0 Å². The van der Waals surface area contributed by atoms with Gasteiger partial charge in [0, 0.05) is 10.0 Å². The summed E-state index contributed by atoms with van der Waals surface area (Å²) in [5.41, 5.74) is 0.846. The molecule has 0 aromatic heterocycles. The SMILES string of the molecule is CCOc1cc(/C=C2/C(=O)NC(=O)N(c3ccccc3F)C2=O)cc(I)c1OCc1ccccc1Br. The van der Waals surface area contributed by atoms with Crippen molar-refractivity contribution >= 4 is 68.1 Å². The number of urea groups is 1. The molecule has 1 heterocycles. The van der Waals surface area contributed by atoms with Crippen molar-refractivity contribution in [1.82, 2.24) is 5.32 Å². The topological polar surface area (TPSA) is 84.9 Å². The second kappa shape index (κ2) is 11.2. The minimum Gasteiger partial charge on any atom is -0.490 e. The Morgan fingerprint density at radius 3 is 2.50 bits per heavy atom. The van der Waals surface area contributed by atoms with Gasteiger partial charge in [0.15, 0.2) is 11.5 Å². The fourth-order valence-electron chi connectivity index (χ4n) is 3.52. The first-order chi connectivity index (χ1) is 17.3. The average Bonchev–Trinajstić information content (AvgIpc) is 2.83. The van der Waals surface area contributed by atoms with Gasteiger partial charge in [0.2, 0.25) is 0 Å². The zero-order chi connectivity index (χ0) is 25.8. The molecule has 0 unspecified atom stereocenters. The van der Waals surface area contributed by atoms with E-state index in [1.54, 1.807) is 12.1 Å². The van der Waals surface area contributed by atoms with E-state index < -0.39 is 23.7 Å². The van der Waals surface area contributed by atoms with E-state index in [0.717, 1.165) is 16.1 Å². The highest BCUT2D eigenvalue weighted by molar-refractivity contribution is 14.1. The number of amides is 4. The van der Waals surface area contributed by atoms with Gasteiger partial charge in [-0.3, -0.25) is 14.9 Å². The van der Waals surface area contributed by atoms with Crippen molar-refractivity contribution in [3.63, 3.8) is 0 Å². The van der Waals surface area contributed by atoms with Crippen LogP contribution in [0.3, 0.4) is 0 Å². The number of anilines is 1. The average molecular weight is 665 g/mol. The van der Waals surface area contributed by atoms with Crippen molar-refractivity contribution in [2.75, 3.05) is 11.5 Å². The quantitative estimate of drug-likeness (QED) is 0.195. The minimum atomic E-state index is -1.02. The Bertz CT molecular complexity index is 1390. The molecular formula is C26H19BrFIN2O5. The number of para-hydroxylation sites is 1. The van der Waals surface area contributed by atoms with Gasteiger partial charge in [-0.25, -0.2) is 14.1 Å². The summed E-state index contributed by atoms with van der Waals surface area (Å²) in [6.45, 7) is 2.47. The van der Waals surface area contributed by atoms with Crippen LogP contribution in [0.15, 0.2) is 70.7 Å². The Labute approximate surface area is 228 Å². The van der Waals surface area contributed by atoms with Crippen LogP contribution in [-0.2, 0) is 16.2 Å². The van der Waals surface area contributed by atoms with Gasteiger partial charge >= 0.3 is 6.03 Å². The molecule has 1 fully saturated rings. The van der Waals surface area contributed by atoms with Gasteiger partial charge in [-0.1, -0.05) is 46.3 Å². The fraction of sp³-hybridized carbons (Fsp3) is 0.115.